The van der Waals surface area contributed by atoms with Crippen LogP contribution in [0.4, 0.5) is 0 Å². The van der Waals surface area contributed by atoms with Crippen LogP contribution >= 0.6 is 0 Å². The number of nitrogens with one attached hydrogen (secondary N) is 2. The molecule has 0 aliphatic heterocycles. The van der Waals surface area contributed by atoms with E-state index in [2.05, 4.69) is 15.3 Å². The second-order valence-corrected chi connectivity index (χ2v) is 4.10. The van der Waals surface area contributed by atoms with Gasteiger partial charge in [0.15, 0.2) is 0 Å². The van der Waals surface area contributed by atoms with Crippen LogP contribution in [0.3, 0.4) is 0 Å². The third-order valence-electron chi connectivity index (χ3n) is 2.89. The van der Waals surface area contributed by atoms with Crippen molar-refractivity contribution >= 4 is 5.97 Å². The summed E-state index contributed by atoms with van der Waals surface area (Å²) in [5.74, 6) is -0.705. The zero-order valence-electron chi connectivity index (χ0n) is 9.90. The molecular weight excluding hydrogens is 206 g/mol. The van der Waals surface area contributed by atoms with Crippen LogP contribution in [-0.4, -0.2) is 27.1 Å². The molecule has 0 aliphatic carbocycles. The standard InChI is InChI=1S/C11H19N3O2/c1-4-7(2)10(11(15)16)14-8(3)9-5-12-6-13-9/h5-8,10,14H,4H2,1-3H3,(H,12,13)(H,15,16). The molecule has 1 rings (SSSR count). The molecule has 90 valence electrons. The van der Waals surface area contributed by atoms with E-state index in [-0.39, 0.29) is 12.0 Å². The first-order chi connectivity index (χ1) is 7.56. The van der Waals surface area contributed by atoms with Crippen LogP contribution in [0.1, 0.15) is 38.9 Å². The van der Waals surface area contributed by atoms with Crippen LogP contribution in [0.2, 0.25) is 0 Å². The van der Waals surface area contributed by atoms with Gasteiger partial charge in [-0.1, -0.05) is 20.3 Å². The lowest BCUT2D eigenvalue weighted by molar-refractivity contribution is -0.141. The van der Waals surface area contributed by atoms with E-state index < -0.39 is 12.0 Å². The van der Waals surface area contributed by atoms with Gasteiger partial charge < -0.3 is 10.1 Å². The van der Waals surface area contributed by atoms with Gasteiger partial charge in [0.05, 0.1) is 12.0 Å². The van der Waals surface area contributed by atoms with Crippen LogP contribution in [0.5, 0.6) is 0 Å². The fourth-order valence-electron chi connectivity index (χ4n) is 1.58. The molecule has 0 saturated carbocycles. The Balaban J connectivity index is 2.65. The first kappa shape index (κ1) is 12.7. The summed E-state index contributed by atoms with van der Waals surface area (Å²) in [5.41, 5.74) is 0.898. The van der Waals surface area contributed by atoms with Crippen molar-refractivity contribution < 1.29 is 9.90 Å². The van der Waals surface area contributed by atoms with E-state index in [1.807, 2.05) is 20.8 Å². The lowest BCUT2D eigenvalue weighted by Crippen LogP contribution is -2.43. The van der Waals surface area contributed by atoms with Gasteiger partial charge in [-0.25, -0.2) is 4.98 Å². The molecule has 1 aromatic heterocycles. The first-order valence-electron chi connectivity index (χ1n) is 5.53. The molecule has 1 heterocycles. The minimum absolute atomic E-state index is 0.0439. The van der Waals surface area contributed by atoms with E-state index in [1.165, 1.54) is 0 Å². The van der Waals surface area contributed by atoms with Crippen LogP contribution in [-0.2, 0) is 4.79 Å². The smallest absolute Gasteiger partial charge is 0.320 e. The summed E-state index contributed by atoms with van der Waals surface area (Å²) in [6.45, 7) is 5.85. The molecule has 0 fully saturated rings. The summed E-state index contributed by atoms with van der Waals surface area (Å²) in [6.07, 6.45) is 4.12. The average molecular weight is 225 g/mol. The van der Waals surface area contributed by atoms with Crippen molar-refractivity contribution in [2.24, 2.45) is 5.92 Å². The number of aromatic nitrogens is 2. The molecule has 5 nitrogen and oxygen atoms in total. The molecule has 0 aromatic carbocycles. The van der Waals surface area contributed by atoms with Gasteiger partial charge in [0, 0.05) is 12.2 Å². The molecule has 0 radical (unpaired) electrons. The highest BCUT2D eigenvalue weighted by atomic mass is 16.4. The Labute approximate surface area is 95.3 Å². The number of carbonyl (C=O) groups is 1. The van der Waals surface area contributed by atoms with Gasteiger partial charge in [0.25, 0.3) is 0 Å². The highest BCUT2D eigenvalue weighted by molar-refractivity contribution is 5.73. The number of aromatic amines is 1. The Kier molecular flexibility index (Phi) is 4.49. The Morgan fingerprint density at radius 2 is 2.31 bits per heavy atom. The van der Waals surface area contributed by atoms with Crippen molar-refractivity contribution in [2.75, 3.05) is 0 Å². The van der Waals surface area contributed by atoms with Gasteiger partial charge in [0.2, 0.25) is 0 Å². The third-order valence-corrected chi connectivity index (χ3v) is 2.89. The molecule has 0 amide bonds. The Hall–Kier alpha value is -1.36. The van der Waals surface area contributed by atoms with Crippen molar-refractivity contribution in [3.05, 3.63) is 18.2 Å². The van der Waals surface area contributed by atoms with Crippen molar-refractivity contribution in [2.45, 2.75) is 39.3 Å². The fourth-order valence-corrected chi connectivity index (χ4v) is 1.58. The number of nitrogens with zero attached hydrogens (tertiary/aromatic N) is 1. The molecule has 3 unspecified atom stereocenters. The van der Waals surface area contributed by atoms with Crippen LogP contribution in [0.15, 0.2) is 12.5 Å². The normalized spacial score (nSPS) is 16.7. The summed E-state index contributed by atoms with van der Waals surface area (Å²) >= 11 is 0. The highest BCUT2D eigenvalue weighted by Gasteiger charge is 2.25. The minimum atomic E-state index is -0.805. The van der Waals surface area contributed by atoms with E-state index in [1.54, 1.807) is 12.5 Å². The average Bonchev–Trinajstić information content (AvgIpc) is 2.77. The van der Waals surface area contributed by atoms with E-state index in [4.69, 9.17) is 5.11 Å². The predicted octanol–water partition coefficient (Wildman–Crippen LogP) is 1.56. The van der Waals surface area contributed by atoms with Crippen LogP contribution < -0.4 is 5.32 Å². The van der Waals surface area contributed by atoms with Gasteiger partial charge in [-0.05, 0) is 12.8 Å². The van der Waals surface area contributed by atoms with Crippen molar-refractivity contribution in [3.63, 3.8) is 0 Å². The molecule has 3 atom stereocenters. The molecule has 0 spiro atoms. The quantitative estimate of drug-likeness (QED) is 0.686. The van der Waals surface area contributed by atoms with Crippen molar-refractivity contribution in [1.82, 2.24) is 15.3 Å². The predicted molar refractivity (Wildman–Crippen MR) is 61.0 cm³/mol. The van der Waals surface area contributed by atoms with Gasteiger partial charge in [0.1, 0.15) is 6.04 Å². The van der Waals surface area contributed by atoms with E-state index in [9.17, 15) is 4.79 Å². The zero-order valence-corrected chi connectivity index (χ0v) is 9.90. The first-order valence-corrected chi connectivity index (χ1v) is 5.53. The molecule has 1 aromatic rings. The molecule has 0 bridgehead atoms. The lowest BCUT2D eigenvalue weighted by atomic mass is 9.98. The van der Waals surface area contributed by atoms with Gasteiger partial charge in [-0.3, -0.25) is 10.1 Å². The largest absolute Gasteiger partial charge is 0.480 e. The molecule has 5 heteroatoms. The molecule has 0 aliphatic rings. The van der Waals surface area contributed by atoms with Gasteiger partial charge in [-0.2, -0.15) is 0 Å². The SMILES string of the molecule is CCC(C)C(NC(C)c1cnc[nH]1)C(=O)O. The molecular formula is C11H19N3O2. The monoisotopic (exact) mass is 225 g/mol. The van der Waals surface area contributed by atoms with Crippen LogP contribution in [0.25, 0.3) is 0 Å². The van der Waals surface area contributed by atoms with E-state index >= 15 is 0 Å². The van der Waals surface area contributed by atoms with Gasteiger partial charge in [-0.15, -0.1) is 0 Å². The molecule has 0 saturated heterocycles. The summed E-state index contributed by atoms with van der Waals surface area (Å²) < 4.78 is 0. The Morgan fingerprint density at radius 3 is 2.75 bits per heavy atom. The number of rotatable bonds is 6. The molecule has 3 N–H and O–H groups in total. The van der Waals surface area contributed by atoms with E-state index in [0.717, 1.165) is 12.1 Å². The Morgan fingerprint density at radius 1 is 1.62 bits per heavy atom. The summed E-state index contributed by atoms with van der Waals surface area (Å²) in [4.78, 5) is 18.0. The maximum atomic E-state index is 11.1. The zero-order chi connectivity index (χ0) is 12.1. The number of H-pyrrole nitrogens is 1. The maximum absolute atomic E-state index is 11.1. The topological polar surface area (TPSA) is 78.0 Å². The number of hydrogen-bond donors (Lipinski definition) is 3. The van der Waals surface area contributed by atoms with Crippen LogP contribution in [0, 0.1) is 5.92 Å². The lowest BCUT2D eigenvalue weighted by Gasteiger charge is -2.23. The maximum Gasteiger partial charge on any atom is 0.320 e. The van der Waals surface area contributed by atoms with E-state index in [0.29, 0.717) is 0 Å². The number of carboxylic acids is 1. The number of aliphatic carboxylic acids is 1. The van der Waals surface area contributed by atoms with Crippen molar-refractivity contribution in [3.8, 4) is 0 Å². The minimum Gasteiger partial charge on any atom is -0.480 e. The van der Waals surface area contributed by atoms with Gasteiger partial charge >= 0.3 is 5.97 Å². The third kappa shape index (κ3) is 3.06. The number of carboxylic acid groups (broad SMARTS) is 1. The Bertz CT molecular complexity index is 324. The second-order valence-electron chi connectivity index (χ2n) is 4.10. The number of hydrogen-bond acceptors (Lipinski definition) is 3. The summed E-state index contributed by atoms with van der Waals surface area (Å²) in [7, 11) is 0. The molecule has 16 heavy (non-hydrogen) atoms. The number of imidazole rings is 1. The summed E-state index contributed by atoms with van der Waals surface area (Å²) in [6, 6.07) is -0.569. The fraction of sp³-hybridized carbons (Fsp3) is 0.636. The van der Waals surface area contributed by atoms with Crippen molar-refractivity contribution in [1.29, 1.82) is 0 Å². The summed E-state index contributed by atoms with van der Waals surface area (Å²) in [5, 5.41) is 12.2. The second kappa shape index (κ2) is 5.65. The highest BCUT2D eigenvalue weighted by Crippen LogP contribution is 2.14.